The number of nitrogens with zero attached hydrogens (tertiary/aromatic N) is 2. The fraction of sp³-hybridized carbons (Fsp3) is 0.263. The van der Waals surface area contributed by atoms with Crippen molar-refractivity contribution in [3.8, 4) is 17.2 Å². The van der Waals surface area contributed by atoms with Crippen molar-refractivity contribution in [1.82, 2.24) is 4.57 Å². The van der Waals surface area contributed by atoms with E-state index in [9.17, 15) is 4.79 Å². The molecule has 2 aromatic carbocycles. The molecule has 0 aliphatic carbocycles. The molecule has 1 aliphatic heterocycles. The first-order chi connectivity index (χ1) is 12.7. The topological polar surface area (TPSA) is 62.1 Å². The Labute approximate surface area is 154 Å². The van der Waals surface area contributed by atoms with E-state index in [1.54, 1.807) is 0 Å². The van der Waals surface area contributed by atoms with Crippen LogP contribution in [0.3, 0.4) is 0 Å². The first kappa shape index (κ1) is 16.7. The number of fused-ring (bicyclic) bond motifs is 2. The van der Waals surface area contributed by atoms with Crippen LogP contribution in [0, 0.1) is 0 Å². The van der Waals surface area contributed by atoms with Crippen molar-refractivity contribution < 1.29 is 19.0 Å². The highest BCUT2D eigenvalue weighted by Gasteiger charge is 2.17. The van der Waals surface area contributed by atoms with E-state index < -0.39 is 0 Å². The molecular formula is C19H18N2O4S. The third kappa shape index (κ3) is 3.30. The van der Waals surface area contributed by atoms with Crippen molar-refractivity contribution in [2.24, 2.45) is 4.99 Å². The molecule has 0 bridgehead atoms. The molecule has 0 atom stereocenters. The number of hydrogen-bond donors (Lipinski definition) is 0. The van der Waals surface area contributed by atoms with Gasteiger partial charge >= 0.3 is 0 Å². The summed E-state index contributed by atoms with van der Waals surface area (Å²) in [5.74, 6) is 1.79. The molecule has 0 spiro atoms. The van der Waals surface area contributed by atoms with Crippen molar-refractivity contribution in [1.29, 1.82) is 0 Å². The second-order valence-corrected chi connectivity index (χ2v) is 6.83. The Balaban J connectivity index is 1.65. The summed E-state index contributed by atoms with van der Waals surface area (Å²) >= 11 is 1.46. The second-order valence-electron chi connectivity index (χ2n) is 5.82. The molecule has 0 N–H and O–H groups in total. The maximum absolute atomic E-state index is 12.3. The molecule has 3 aromatic rings. The molecule has 0 radical (unpaired) electrons. The predicted octanol–water partition coefficient (Wildman–Crippen LogP) is 3.35. The van der Waals surface area contributed by atoms with E-state index in [-0.39, 0.29) is 19.3 Å². The molecule has 2 heterocycles. The number of amides is 1. The lowest BCUT2D eigenvalue weighted by Gasteiger charge is -2.04. The minimum Gasteiger partial charge on any atom is -0.484 e. The molecule has 7 heteroatoms. The standard InChI is InChI=1S/C19H18N2O4S/c1-2-8-21-14-9-15-16(25-12-24-15)10-17(14)26-19(21)20-18(22)11-23-13-6-4-3-5-7-13/h3-7,9-10H,2,8,11-12H2,1H3. The highest BCUT2D eigenvalue weighted by molar-refractivity contribution is 7.16. The summed E-state index contributed by atoms with van der Waals surface area (Å²) in [4.78, 5) is 17.2. The third-order valence-electron chi connectivity index (χ3n) is 3.95. The number of aryl methyl sites for hydroxylation is 1. The molecule has 1 aromatic heterocycles. The highest BCUT2D eigenvalue weighted by Crippen LogP contribution is 2.37. The Hall–Kier alpha value is -2.80. The highest BCUT2D eigenvalue weighted by atomic mass is 32.1. The monoisotopic (exact) mass is 370 g/mol. The zero-order valence-corrected chi connectivity index (χ0v) is 15.1. The van der Waals surface area contributed by atoms with Gasteiger partial charge in [0.15, 0.2) is 22.9 Å². The van der Waals surface area contributed by atoms with Crippen LogP contribution in [0.5, 0.6) is 17.2 Å². The number of aromatic nitrogens is 1. The van der Waals surface area contributed by atoms with Crippen molar-refractivity contribution in [3.05, 3.63) is 47.3 Å². The van der Waals surface area contributed by atoms with Gasteiger partial charge < -0.3 is 18.8 Å². The second kappa shape index (κ2) is 7.21. The zero-order chi connectivity index (χ0) is 17.9. The van der Waals surface area contributed by atoms with E-state index >= 15 is 0 Å². The van der Waals surface area contributed by atoms with Gasteiger partial charge in [0, 0.05) is 18.7 Å². The van der Waals surface area contributed by atoms with Crippen LogP contribution in [0.1, 0.15) is 13.3 Å². The van der Waals surface area contributed by atoms with Crippen LogP contribution in [0.2, 0.25) is 0 Å². The molecule has 1 amide bonds. The van der Waals surface area contributed by atoms with Gasteiger partial charge in [-0.15, -0.1) is 0 Å². The van der Waals surface area contributed by atoms with Gasteiger partial charge in [0.2, 0.25) is 6.79 Å². The van der Waals surface area contributed by atoms with Crippen LogP contribution in [-0.4, -0.2) is 23.9 Å². The Morgan fingerprint density at radius 2 is 2.00 bits per heavy atom. The third-order valence-corrected chi connectivity index (χ3v) is 4.99. The van der Waals surface area contributed by atoms with Gasteiger partial charge in [-0.1, -0.05) is 36.5 Å². The van der Waals surface area contributed by atoms with Gasteiger partial charge in [-0.2, -0.15) is 4.99 Å². The summed E-state index contributed by atoms with van der Waals surface area (Å²) in [5, 5.41) is 0. The Kier molecular flexibility index (Phi) is 4.62. The number of para-hydroxylation sites is 1. The molecule has 0 fully saturated rings. The fourth-order valence-corrected chi connectivity index (χ4v) is 3.87. The van der Waals surface area contributed by atoms with Crippen molar-refractivity contribution >= 4 is 27.5 Å². The molecular weight excluding hydrogens is 352 g/mol. The number of thiazole rings is 1. The van der Waals surface area contributed by atoms with E-state index in [1.165, 1.54) is 11.3 Å². The Morgan fingerprint density at radius 1 is 1.23 bits per heavy atom. The molecule has 6 nitrogen and oxygen atoms in total. The predicted molar refractivity (Wildman–Crippen MR) is 98.7 cm³/mol. The summed E-state index contributed by atoms with van der Waals surface area (Å²) in [5.41, 5.74) is 0.997. The average Bonchev–Trinajstić information content (AvgIpc) is 3.24. The number of ether oxygens (including phenoxy) is 3. The van der Waals surface area contributed by atoms with Gasteiger partial charge in [0.1, 0.15) is 5.75 Å². The van der Waals surface area contributed by atoms with Crippen LogP contribution >= 0.6 is 11.3 Å². The van der Waals surface area contributed by atoms with Crippen LogP contribution in [0.15, 0.2) is 47.5 Å². The summed E-state index contributed by atoms with van der Waals surface area (Å²) in [6.07, 6.45) is 0.933. The van der Waals surface area contributed by atoms with E-state index in [1.807, 2.05) is 47.0 Å². The van der Waals surface area contributed by atoms with Crippen molar-refractivity contribution in [2.45, 2.75) is 19.9 Å². The first-order valence-electron chi connectivity index (χ1n) is 8.43. The van der Waals surface area contributed by atoms with Gasteiger partial charge in [-0.05, 0) is 18.6 Å². The van der Waals surface area contributed by atoms with E-state index in [0.717, 1.165) is 34.7 Å². The number of benzene rings is 2. The average molecular weight is 370 g/mol. The molecule has 4 rings (SSSR count). The maximum atomic E-state index is 12.3. The van der Waals surface area contributed by atoms with Crippen LogP contribution in [0.25, 0.3) is 10.2 Å². The van der Waals surface area contributed by atoms with Gasteiger partial charge in [0.05, 0.1) is 10.2 Å². The normalized spacial score (nSPS) is 13.3. The summed E-state index contributed by atoms with van der Waals surface area (Å²) < 4.78 is 19.5. The molecule has 0 saturated carbocycles. The van der Waals surface area contributed by atoms with E-state index in [0.29, 0.717) is 10.6 Å². The lowest BCUT2D eigenvalue weighted by atomic mass is 10.3. The number of hydrogen-bond acceptors (Lipinski definition) is 5. The van der Waals surface area contributed by atoms with E-state index in [2.05, 4.69) is 11.9 Å². The number of carbonyl (C=O) groups is 1. The van der Waals surface area contributed by atoms with Crippen molar-refractivity contribution in [2.75, 3.05) is 13.4 Å². The lowest BCUT2D eigenvalue weighted by molar-refractivity contribution is -0.120. The molecule has 0 saturated heterocycles. The SMILES string of the molecule is CCCn1c(=NC(=O)COc2ccccc2)sc2cc3c(cc21)OCO3. The van der Waals surface area contributed by atoms with Gasteiger partial charge in [0.25, 0.3) is 5.91 Å². The summed E-state index contributed by atoms with van der Waals surface area (Å²) in [6, 6.07) is 13.1. The largest absolute Gasteiger partial charge is 0.484 e. The van der Waals surface area contributed by atoms with Crippen molar-refractivity contribution in [3.63, 3.8) is 0 Å². The van der Waals surface area contributed by atoms with Crippen LogP contribution < -0.4 is 19.0 Å². The summed E-state index contributed by atoms with van der Waals surface area (Å²) in [6.45, 7) is 3.01. The minimum absolute atomic E-state index is 0.0902. The molecule has 0 unspecified atom stereocenters. The smallest absolute Gasteiger partial charge is 0.286 e. The zero-order valence-electron chi connectivity index (χ0n) is 14.3. The van der Waals surface area contributed by atoms with E-state index in [4.69, 9.17) is 14.2 Å². The molecule has 134 valence electrons. The maximum Gasteiger partial charge on any atom is 0.286 e. The number of rotatable bonds is 5. The quantitative estimate of drug-likeness (QED) is 0.691. The number of carbonyl (C=O) groups excluding carboxylic acids is 1. The van der Waals surface area contributed by atoms with Crippen LogP contribution in [0.4, 0.5) is 0 Å². The Morgan fingerprint density at radius 3 is 2.77 bits per heavy atom. The summed E-state index contributed by atoms with van der Waals surface area (Å²) in [7, 11) is 0. The Bertz CT molecular complexity index is 1010. The van der Waals surface area contributed by atoms with Crippen LogP contribution in [-0.2, 0) is 11.3 Å². The first-order valence-corrected chi connectivity index (χ1v) is 9.24. The van der Waals surface area contributed by atoms with Gasteiger partial charge in [-0.25, -0.2) is 0 Å². The molecule has 1 aliphatic rings. The minimum atomic E-state index is -0.315. The fourth-order valence-electron chi connectivity index (χ4n) is 2.79. The lowest BCUT2D eigenvalue weighted by Crippen LogP contribution is -2.19. The molecule has 26 heavy (non-hydrogen) atoms. The van der Waals surface area contributed by atoms with Gasteiger partial charge in [-0.3, -0.25) is 4.79 Å².